The van der Waals surface area contributed by atoms with Crippen molar-refractivity contribution in [3.63, 3.8) is 0 Å². The fourth-order valence-electron chi connectivity index (χ4n) is 2.93. The molecule has 1 saturated heterocycles. The van der Waals surface area contributed by atoms with Crippen LogP contribution in [-0.4, -0.2) is 35.2 Å². The molecule has 20 heavy (non-hydrogen) atoms. The van der Waals surface area contributed by atoms with Crippen LogP contribution in [0.5, 0.6) is 0 Å². The third-order valence-electron chi connectivity index (χ3n) is 4.27. The highest BCUT2D eigenvalue weighted by Gasteiger charge is 2.34. The lowest BCUT2D eigenvalue weighted by Gasteiger charge is -2.21. The van der Waals surface area contributed by atoms with Crippen molar-refractivity contribution in [2.45, 2.75) is 44.3 Å². The zero-order chi connectivity index (χ0) is 13.9. The van der Waals surface area contributed by atoms with Gasteiger partial charge < -0.3 is 10.6 Å². The average Bonchev–Trinajstić information content (AvgIpc) is 3.20. The summed E-state index contributed by atoms with van der Waals surface area (Å²) >= 11 is 5.45. The minimum atomic E-state index is 0.247. The molecule has 1 aromatic rings. The van der Waals surface area contributed by atoms with E-state index in [9.17, 15) is 0 Å². The molecule has 1 saturated carbocycles. The first-order chi connectivity index (χ1) is 9.72. The minimum absolute atomic E-state index is 0.247. The first-order valence-corrected chi connectivity index (χ1v) is 7.99. The van der Waals surface area contributed by atoms with Crippen molar-refractivity contribution in [3.8, 4) is 0 Å². The molecular weight excluding hydrogens is 266 g/mol. The standard InChI is InChI=1S/C16H23N3S/c1-12(13-5-3-2-4-6-13)17-16(20)18-14-9-10-19(11-14)15-7-8-15/h2-6,12,14-15H,7-11H2,1H3,(H2,17,18,20)/t12-,14+/m0/s1. The van der Waals surface area contributed by atoms with E-state index in [1.54, 1.807) is 0 Å². The highest BCUT2D eigenvalue weighted by Crippen LogP contribution is 2.29. The first-order valence-electron chi connectivity index (χ1n) is 7.58. The molecule has 0 unspecified atom stereocenters. The van der Waals surface area contributed by atoms with Gasteiger partial charge in [0.05, 0.1) is 6.04 Å². The second kappa shape index (κ2) is 6.10. The second-order valence-corrected chi connectivity index (χ2v) is 6.37. The molecule has 0 spiro atoms. The van der Waals surface area contributed by atoms with Gasteiger partial charge in [0.2, 0.25) is 0 Å². The summed E-state index contributed by atoms with van der Waals surface area (Å²) in [7, 11) is 0. The molecule has 2 aliphatic rings. The van der Waals surface area contributed by atoms with Crippen molar-refractivity contribution in [3.05, 3.63) is 35.9 Å². The molecule has 1 aliphatic heterocycles. The van der Waals surface area contributed by atoms with Crippen molar-refractivity contribution in [1.29, 1.82) is 0 Å². The van der Waals surface area contributed by atoms with Crippen LogP contribution < -0.4 is 10.6 Å². The molecule has 1 aromatic carbocycles. The van der Waals surface area contributed by atoms with E-state index in [1.165, 1.54) is 31.4 Å². The number of nitrogens with zero attached hydrogens (tertiary/aromatic N) is 1. The lowest BCUT2D eigenvalue weighted by atomic mass is 10.1. The zero-order valence-electron chi connectivity index (χ0n) is 12.0. The summed E-state index contributed by atoms with van der Waals surface area (Å²) < 4.78 is 0. The molecular formula is C16H23N3S. The van der Waals surface area contributed by atoms with Crippen molar-refractivity contribution in [1.82, 2.24) is 15.5 Å². The van der Waals surface area contributed by atoms with Gasteiger partial charge in [0.1, 0.15) is 0 Å². The first kappa shape index (κ1) is 13.8. The molecule has 3 nitrogen and oxygen atoms in total. The molecule has 2 N–H and O–H groups in total. The minimum Gasteiger partial charge on any atom is -0.359 e. The summed E-state index contributed by atoms with van der Waals surface area (Å²) in [6.45, 7) is 4.51. The Labute approximate surface area is 126 Å². The van der Waals surface area contributed by atoms with Crippen LogP contribution in [0.4, 0.5) is 0 Å². The van der Waals surface area contributed by atoms with Crippen molar-refractivity contribution in [2.75, 3.05) is 13.1 Å². The SMILES string of the molecule is C[C@H](NC(=S)N[C@@H]1CCN(C2CC2)C1)c1ccccc1. The van der Waals surface area contributed by atoms with E-state index in [2.05, 4.69) is 46.7 Å². The van der Waals surface area contributed by atoms with E-state index in [0.29, 0.717) is 6.04 Å². The maximum absolute atomic E-state index is 5.45. The van der Waals surface area contributed by atoms with E-state index in [-0.39, 0.29) is 6.04 Å². The lowest BCUT2D eigenvalue weighted by Crippen LogP contribution is -2.44. The van der Waals surface area contributed by atoms with Crippen LogP contribution in [0.1, 0.15) is 37.8 Å². The van der Waals surface area contributed by atoms with E-state index in [0.717, 1.165) is 17.7 Å². The monoisotopic (exact) mass is 289 g/mol. The van der Waals surface area contributed by atoms with Crippen LogP contribution >= 0.6 is 12.2 Å². The largest absolute Gasteiger partial charge is 0.359 e. The molecule has 0 aromatic heterocycles. The van der Waals surface area contributed by atoms with Gasteiger partial charge in [0, 0.05) is 25.2 Å². The Kier molecular flexibility index (Phi) is 4.22. The molecule has 0 bridgehead atoms. The maximum Gasteiger partial charge on any atom is 0.167 e. The fourth-order valence-corrected chi connectivity index (χ4v) is 3.27. The molecule has 2 atom stereocenters. The summed E-state index contributed by atoms with van der Waals surface area (Å²) in [5.41, 5.74) is 1.27. The van der Waals surface area contributed by atoms with Gasteiger partial charge in [-0.05, 0) is 44.0 Å². The van der Waals surface area contributed by atoms with Gasteiger partial charge in [0.25, 0.3) is 0 Å². The van der Waals surface area contributed by atoms with E-state index in [4.69, 9.17) is 12.2 Å². The highest BCUT2D eigenvalue weighted by molar-refractivity contribution is 7.80. The van der Waals surface area contributed by atoms with E-state index < -0.39 is 0 Å². The van der Waals surface area contributed by atoms with Gasteiger partial charge in [-0.25, -0.2) is 0 Å². The Morgan fingerprint density at radius 1 is 1.25 bits per heavy atom. The van der Waals surface area contributed by atoms with Gasteiger partial charge >= 0.3 is 0 Å². The summed E-state index contributed by atoms with van der Waals surface area (Å²) in [6.07, 6.45) is 3.99. The van der Waals surface area contributed by atoms with Crippen LogP contribution in [0.2, 0.25) is 0 Å². The lowest BCUT2D eigenvalue weighted by molar-refractivity contribution is 0.321. The number of rotatable bonds is 4. The quantitative estimate of drug-likeness (QED) is 0.833. The predicted octanol–water partition coefficient (Wildman–Crippen LogP) is 2.45. The third-order valence-corrected chi connectivity index (χ3v) is 4.50. The summed E-state index contributed by atoms with van der Waals surface area (Å²) in [5.74, 6) is 0. The number of hydrogen-bond donors (Lipinski definition) is 2. The second-order valence-electron chi connectivity index (χ2n) is 5.96. The van der Waals surface area contributed by atoms with E-state index in [1.807, 2.05) is 6.07 Å². The van der Waals surface area contributed by atoms with Gasteiger partial charge in [-0.1, -0.05) is 30.3 Å². The molecule has 1 heterocycles. The Balaban J connectivity index is 1.45. The summed E-state index contributed by atoms with van der Waals surface area (Å²) in [4.78, 5) is 2.60. The maximum atomic E-state index is 5.45. The molecule has 4 heteroatoms. The third kappa shape index (κ3) is 3.49. The zero-order valence-corrected chi connectivity index (χ0v) is 12.8. The van der Waals surface area contributed by atoms with Gasteiger partial charge in [-0.15, -0.1) is 0 Å². The average molecular weight is 289 g/mol. The summed E-state index contributed by atoms with van der Waals surface area (Å²) in [5, 5.41) is 7.64. The molecule has 2 fully saturated rings. The number of thiocarbonyl (C=S) groups is 1. The Hall–Kier alpha value is -1.13. The van der Waals surface area contributed by atoms with E-state index >= 15 is 0 Å². The van der Waals surface area contributed by atoms with Crippen LogP contribution in [0.15, 0.2) is 30.3 Å². The number of benzene rings is 1. The van der Waals surface area contributed by atoms with Gasteiger partial charge in [-0.3, -0.25) is 4.90 Å². The Morgan fingerprint density at radius 2 is 2.00 bits per heavy atom. The molecule has 108 valence electrons. The number of nitrogens with one attached hydrogen (secondary N) is 2. The Morgan fingerprint density at radius 3 is 2.70 bits per heavy atom. The normalized spacial score (nSPS) is 24.4. The fraction of sp³-hybridized carbons (Fsp3) is 0.562. The van der Waals surface area contributed by atoms with Crippen molar-refractivity contribution in [2.24, 2.45) is 0 Å². The van der Waals surface area contributed by atoms with Crippen LogP contribution in [-0.2, 0) is 0 Å². The van der Waals surface area contributed by atoms with Gasteiger partial charge in [-0.2, -0.15) is 0 Å². The van der Waals surface area contributed by atoms with Crippen LogP contribution in [0, 0.1) is 0 Å². The van der Waals surface area contributed by atoms with Crippen molar-refractivity contribution >= 4 is 17.3 Å². The smallest absolute Gasteiger partial charge is 0.167 e. The van der Waals surface area contributed by atoms with Crippen LogP contribution in [0.25, 0.3) is 0 Å². The molecule has 1 aliphatic carbocycles. The topological polar surface area (TPSA) is 27.3 Å². The number of likely N-dealkylation sites (tertiary alicyclic amines) is 1. The molecule has 0 amide bonds. The molecule has 0 radical (unpaired) electrons. The Bertz CT molecular complexity index is 458. The highest BCUT2D eigenvalue weighted by atomic mass is 32.1. The summed E-state index contributed by atoms with van der Waals surface area (Å²) in [6, 6.07) is 12.1. The molecule has 3 rings (SSSR count). The van der Waals surface area contributed by atoms with Crippen LogP contribution in [0.3, 0.4) is 0 Å². The van der Waals surface area contributed by atoms with Crippen molar-refractivity contribution < 1.29 is 0 Å². The van der Waals surface area contributed by atoms with Gasteiger partial charge in [0.15, 0.2) is 5.11 Å². The number of hydrogen-bond acceptors (Lipinski definition) is 2. The predicted molar refractivity (Wildman–Crippen MR) is 86.7 cm³/mol.